The quantitative estimate of drug-likeness (QED) is 0.774. The average Bonchev–Trinajstić information content (AvgIpc) is 2.60. The Morgan fingerprint density at radius 2 is 1.23 bits per heavy atom. The monoisotopic (exact) mass is 320 g/mol. The number of thioether (sulfide) groups is 1. The third kappa shape index (κ3) is 6.76. The molecule has 4 heteroatoms. The summed E-state index contributed by atoms with van der Waals surface area (Å²) in [5.41, 5.74) is 1.43. The molecule has 0 aliphatic carbocycles. The van der Waals surface area contributed by atoms with Gasteiger partial charge in [-0.05, 0) is 11.3 Å². The Kier molecular flexibility index (Phi) is 9.00. The maximum Gasteiger partial charge on any atom is 0.126 e. The summed E-state index contributed by atoms with van der Waals surface area (Å²) in [5, 5.41) is 0. The van der Waals surface area contributed by atoms with Gasteiger partial charge in [0.1, 0.15) is 17.2 Å². The fourth-order valence-electron chi connectivity index (χ4n) is 1.69. The van der Waals surface area contributed by atoms with Gasteiger partial charge in [0.05, 0.1) is 21.3 Å². The molecule has 0 unspecified atom stereocenters. The smallest absolute Gasteiger partial charge is 0.126 e. The van der Waals surface area contributed by atoms with Crippen LogP contribution >= 0.6 is 11.8 Å². The van der Waals surface area contributed by atoms with Gasteiger partial charge in [0.25, 0.3) is 0 Å². The van der Waals surface area contributed by atoms with E-state index in [0.29, 0.717) is 0 Å². The molecule has 2 aromatic carbocycles. The van der Waals surface area contributed by atoms with Crippen molar-refractivity contribution in [3.05, 3.63) is 54.1 Å². The average molecular weight is 320 g/mol. The van der Waals surface area contributed by atoms with Crippen LogP contribution < -0.4 is 14.2 Å². The molecule has 0 bridgehead atoms. The van der Waals surface area contributed by atoms with E-state index < -0.39 is 0 Å². The summed E-state index contributed by atoms with van der Waals surface area (Å²) in [5.74, 6) is 4.54. The summed E-state index contributed by atoms with van der Waals surface area (Å²) in [7, 11) is 4.82. The fourth-order valence-corrected chi connectivity index (χ4v) is 2.33. The normalized spacial score (nSPS) is 9.45. The van der Waals surface area contributed by atoms with Gasteiger partial charge in [0, 0.05) is 24.0 Å². The fraction of sp³-hybridized carbons (Fsp3) is 0.333. The summed E-state index contributed by atoms with van der Waals surface area (Å²) in [6.45, 7) is 2.19. The molecular formula is C18H24O3S. The lowest BCUT2D eigenvalue weighted by Gasteiger charge is -2.06. The van der Waals surface area contributed by atoms with Crippen LogP contribution in [0, 0.1) is 0 Å². The highest BCUT2D eigenvalue weighted by molar-refractivity contribution is 7.98. The van der Waals surface area contributed by atoms with Crippen molar-refractivity contribution in [1.82, 2.24) is 0 Å². The number of methoxy groups -OCH3 is 3. The lowest BCUT2D eigenvalue weighted by molar-refractivity contribution is 0.375. The Morgan fingerprint density at radius 1 is 0.773 bits per heavy atom. The molecule has 0 N–H and O–H groups in total. The minimum absolute atomic E-state index is 0.728. The molecule has 2 aromatic rings. The van der Waals surface area contributed by atoms with Gasteiger partial charge in [0.15, 0.2) is 0 Å². The van der Waals surface area contributed by atoms with Crippen molar-refractivity contribution < 1.29 is 14.2 Å². The number of benzene rings is 2. The molecule has 0 aliphatic rings. The van der Waals surface area contributed by atoms with Gasteiger partial charge < -0.3 is 14.2 Å². The highest BCUT2D eigenvalue weighted by Crippen LogP contribution is 2.26. The second kappa shape index (κ2) is 10.9. The van der Waals surface area contributed by atoms with E-state index in [1.54, 1.807) is 39.5 Å². The Labute approximate surface area is 137 Å². The number of hydrogen-bond donors (Lipinski definition) is 0. The van der Waals surface area contributed by atoms with E-state index in [0.717, 1.165) is 23.0 Å². The molecule has 0 saturated carbocycles. The number of rotatable bonds is 6. The first-order valence-electron chi connectivity index (χ1n) is 7.12. The van der Waals surface area contributed by atoms with Crippen LogP contribution in [0.4, 0.5) is 0 Å². The molecule has 3 nitrogen and oxygen atoms in total. The van der Waals surface area contributed by atoms with Crippen molar-refractivity contribution in [1.29, 1.82) is 0 Å². The van der Waals surface area contributed by atoms with E-state index in [1.165, 1.54) is 11.3 Å². The molecule has 2 rings (SSSR count). The summed E-state index contributed by atoms with van der Waals surface area (Å²) in [6.07, 6.45) is 0. The van der Waals surface area contributed by atoms with Crippen LogP contribution in [0.25, 0.3) is 0 Å². The van der Waals surface area contributed by atoms with E-state index in [4.69, 9.17) is 14.2 Å². The van der Waals surface area contributed by atoms with Gasteiger partial charge in [-0.25, -0.2) is 0 Å². The number of hydrogen-bond acceptors (Lipinski definition) is 4. The standard InChI is InChI=1S/C9H12O3.C9H12S/c1-10-7-4-8(11-2)6-9(5-7)12-3;1-2-10-8-9-6-4-3-5-7-9/h4-6H,1-3H3;3-7H,2,8H2,1H3. The van der Waals surface area contributed by atoms with Crippen molar-refractivity contribution >= 4 is 11.8 Å². The third-order valence-electron chi connectivity index (χ3n) is 2.88. The Balaban J connectivity index is 0.000000224. The summed E-state index contributed by atoms with van der Waals surface area (Å²) in [4.78, 5) is 0. The Hall–Kier alpha value is -1.81. The van der Waals surface area contributed by atoms with Gasteiger partial charge in [-0.15, -0.1) is 0 Å². The summed E-state index contributed by atoms with van der Waals surface area (Å²) in [6, 6.07) is 16.0. The predicted octanol–water partition coefficient (Wildman–Crippen LogP) is 4.65. The van der Waals surface area contributed by atoms with Crippen LogP contribution in [-0.4, -0.2) is 27.1 Å². The molecule has 0 heterocycles. The lowest BCUT2D eigenvalue weighted by atomic mass is 10.2. The zero-order valence-electron chi connectivity index (χ0n) is 13.7. The molecule has 0 fully saturated rings. The van der Waals surface area contributed by atoms with Crippen molar-refractivity contribution in [3.8, 4) is 17.2 Å². The van der Waals surface area contributed by atoms with Crippen molar-refractivity contribution in [2.75, 3.05) is 27.1 Å². The topological polar surface area (TPSA) is 27.7 Å². The summed E-state index contributed by atoms with van der Waals surface area (Å²) >= 11 is 1.96. The van der Waals surface area contributed by atoms with Crippen LogP contribution in [-0.2, 0) is 5.75 Å². The first-order valence-corrected chi connectivity index (χ1v) is 8.27. The van der Waals surface area contributed by atoms with E-state index >= 15 is 0 Å². The summed E-state index contributed by atoms with van der Waals surface area (Å²) < 4.78 is 15.1. The Morgan fingerprint density at radius 3 is 1.59 bits per heavy atom. The molecule has 0 atom stereocenters. The zero-order valence-corrected chi connectivity index (χ0v) is 14.5. The van der Waals surface area contributed by atoms with Gasteiger partial charge >= 0.3 is 0 Å². The van der Waals surface area contributed by atoms with Crippen molar-refractivity contribution in [2.24, 2.45) is 0 Å². The van der Waals surface area contributed by atoms with Gasteiger partial charge in [-0.1, -0.05) is 37.3 Å². The first-order chi connectivity index (χ1) is 10.7. The van der Waals surface area contributed by atoms with E-state index in [2.05, 4.69) is 37.3 Å². The zero-order chi connectivity index (χ0) is 16.2. The molecule has 0 amide bonds. The minimum Gasteiger partial charge on any atom is -0.496 e. The Bertz CT molecular complexity index is 474. The molecule has 120 valence electrons. The second-order valence-corrected chi connectivity index (χ2v) is 5.65. The first kappa shape index (κ1) is 18.2. The van der Waals surface area contributed by atoms with Gasteiger partial charge in [-0.2, -0.15) is 11.8 Å². The predicted molar refractivity (Wildman–Crippen MR) is 94.4 cm³/mol. The highest BCUT2D eigenvalue weighted by Gasteiger charge is 2.00. The second-order valence-electron chi connectivity index (χ2n) is 4.38. The molecule has 22 heavy (non-hydrogen) atoms. The molecule has 0 spiro atoms. The highest BCUT2D eigenvalue weighted by atomic mass is 32.2. The van der Waals surface area contributed by atoms with Crippen LogP contribution in [0.15, 0.2) is 48.5 Å². The maximum atomic E-state index is 5.04. The van der Waals surface area contributed by atoms with Crippen LogP contribution in [0.3, 0.4) is 0 Å². The molecule has 0 aromatic heterocycles. The van der Waals surface area contributed by atoms with Gasteiger partial charge in [0.2, 0.25) is 0 Å². The SMILES string of the molecule is CCSCc1ccccc1.COc1cc(OC)cc(OC)c1. The molecule has 0 saturated heterocycles. The largest absolute Gasteiger partial charge is 0.496 e. The third-order valence-corrected chi connectivity index (χ3v) is 3.82. The van der Waals surface area contributed by atoms with E-state index in [-0.39, 0.29) is 0 Å². The van der Waals surface area contributed by atoms with Crippen molar-refractivity contribution in [2.45, 2.75) is 12.7 Å². The van der Waals surface area contributed by atoms with Gasteiger partial charge in [-0.3, -0.25) is 0 Å². The van der Waals surface area contributed by atoms with Crippen molar-refractivity contribution in [3.63, 3.8) is 0 Å². The van der Waals surface area contributed by atoms with E-state index in [9.17, 15) is 0 Å². The van der Waals surface area contributed by atoms with Crippen LogP contribution in [0.5, 0.6) is 17.2 Å². The number of ether oxygens (including phenoxy) is 3. The molecule has 0 radical (unpaired) electrons. The molecule has 0 aliphatic heterocycles. The van der Waals surface area contributed by atoms with Crippen LogP contribution in [0.2, 0.25) is 0 Å². The van der Waals surface area contributed by atoms with E-state index in [1.807, 2.05) is 11.8 Å². The minimum atomic E-state index is 0.728. The molecular weight excluding hydrogens is 296 g/mol. The lowest BCUT2D eigenvalue weighted by Crippen LogP contribution is -1.89. The maximum absolute atomic E-state index is 5.04. The van der Waals surface area contributed by atoms with Crippen LogP contribution in [0.1, 0.15) is 12.5 Å².